The van der Waals surface area contributed by atoms with Crippen LogP contribution < -0.4 is 0 Å². The summed E-state index contributed by atoms with van der Waals surface area (Å²) in [4.78, 5) is 50.0. The molecule has 0 radical (unpaired) electrons. The lowest BCUT2D eigenvalue weighted by Gasteiger charge is -2.36. The van der Waals surface area contributed by atoms with Gasteiger partial charge >= 0.3 is 17.9 Å². The van der Waals surface area contributed by atoms with Gasteiger partial charge in [0.2, 0.25) is 0 Å². The molecule has 2 N–H and O–H groups in total. The Morgan fingerprint density at radius 1 is 1.00 bits per heavy atom. The summed E-state index contributed by atoms with van der Waals surface area (Å²) in [6.45, 7) is 0.902. The standard InChI is InChI=1S/C31H30FNO7/c1-19(33(18-27(34)35)30(37)29-25(31(38)39)17-28(36)40-29)23(14-12-20-8-4-2-5-9-20)22-13-15-24(26(32)16-22)21-10-6-3-7-11-21/h2-11,13,15-16,19,23,25,29H,12,14,17-18H2,1H3,(H,34,35)(H,38,39). The number of halogens is 1. The second-order valence-corrected chi connectivity index (χ2v) is 9.90. The highest BCUT2D eigenvalue weighted by atomic mass is 19.1. The van der Waals surface area contributed by atoms with E-state index in [2.05, 4.69) is 0 Å². The average molecular weight is 548 g/mol. The largest absolute Gasteiger partial charge is 0.481 e. The summed E-state index contributed by atoms with van der Waals surface area (Å²) in [6.07, 6.45) is -1.13. The van der Waals surface area contributed by atoms with Gasteiger partial charge in [0.15, 0.2) is 6.10 Å². The number of aryl methyl sites for hydroxylation is 1. The Balaban J connectivity index is 1.70. The number of carboxylic acid groups (broad SMARTS) is 2. The Morgan fingerprint density at radius 3 is 2.25 bits per heavy atom. The molecular weight excluding hydrogens is 517 g/mol. The van der Waals surface area contributed by atoms with E-state index in [1.54, 1.807) is 31.2 Å². The highest BCUT2D eigenvalue weighted by molar-refractivity contribution is 5.95. The van der Waals surface area contributed by atoms with Gasteiger partial charge in [0.05, 0.1) is 6.42 Å². The van der Waals surface area contributed by atoms with E-state index in [9.17, 15) is 29.4 Å². The molecule has 0 saturated carbocycles. The van der Waals surface area contributed by atoms with Gasteiger partial charge in [-0.1, -0.05) is 72.8 Å². The molecule has 1 aliphatic heterocycles. The third kappa shape index (κ3) is 6.54. The topological polar surface area (TPSA) is 121 Å². The minimum absolute atomic E-state index is 0.402. The van der Waals surface area contributed by atoms with E-state index in [-0.39, 0.29) is 0 Å². The van der Waals surface area contributed by atoms with Crippen molar-refractivity contribution in [2.45, 2.75) is 44.2 Å². The molecule has 1 saturated heterocycles. The fourth-order valence-corrected chi connectivity index (χ4v) is 5.21. The number of rotatable bonds is 11. The molecule has 4 atom stereocenters. The van der Waals surface area contributed by atoms with Crippen molar-refractivity contribution in [3.8, 4) is 11.1 Å². The van der Waals surface area contributed by atoms with Crippen LogP contribution in [0.3, 0.4) is 0 Å². The fourth-order valence-electron chi connectivity index (χ4n) is 5.21. The summed E-state index contributed by atoms with van der Waals surface area (Å²) in [7, 11) is 0. The number of aliphatic carboxylic acids is 2. The minimum atomic E-state index is -1.64. The summed E-state index contributed by atoms with van der Waals surface area (Å²) in [5, 5.41) is 19.2. The third-order valence-electron chi connectivity index (χ3n) is 7.33. The van der Waals surface area contributed by atoms with Crippen LogP contribution in [0.4, 0.5) is 4.39 Å². The molecule has 208 valence electrons. The van der Waals surface area contributed by atoms with Crippen molar-refractivity contribution >= 4 is 23.8 Å². The van der Waals surface area contributed by atoms with E-state index >= 15 is 4.39 Å². The molecule has 3 aromatic carbocycles. The number of nitrogens with zero attached hydrogens (tertiary/aromatic N) is 1. The second kappa shape index (κ2) is 12.5. The monoisotopic (exact) mass is 547 g/mol. The first-order valence-corrected chi connectivity index (χ1v) is 13.0. The minimum Gasteiger partial charge on any atom is -0.481 e. The van der Waals surface area contributed by atoms with Gasteiger partial charge in [-0.05, 0) is 42.5 Å². The van der Waals surface area contributed by atoms with Crippen molar-refractivity contribution in [3.63, 3.8) is 0 Å². The molecule has 1 amide bonds. The van der Waals surface area contributed by atoms with Crippen molar-refractivity contribution in [3.05, 3.63) is 95.8 Å². The highest BCUT2D eigenvalue weighted by Gasteiger charge is 2.47. The first-order valence-electron chi connectivity index (χ1n) is 13.0. The van der Waals surface area contributed by atoms with Crippen molar-refractivity contribution in [2.24, 2.45) is 5.92 Å². The van der Waals surface area contributed by atoms with Crippen LogP contribution in [0.15, 0.2) is 78.9 Å². The number of carbonyl (C=O) groups is 4. The van der Waals surface area contributed by atoms with Crippen LogP contribution in [-0.2, 0) is 30.3 Å². The van der Waals surface area contributed by atoms with Gasteiger partial charge in [0.1, 0.15) is 18.3 Å². The molecule has 1 fully saturated rings. The maximum absolute atomic E-state index is 15.4. The molecule has 3 aromatic rings. The van der Waals surface area contributed by atoms with Gasteiger partial charge in [0, 0.05) is 17.5 Å². The van der Waals surface area contributed by atoms with E-state index in [0.29, 0.717) is 29.5 Å². The number of carboxylic acids is 2. The Labute approximate surface area is 231 Å². The number of esters is 1. The van der Waals surface area contributed by atoms with Gasteiger partial charge in [0.25, 0.3) is 5.91 Å². The summed E-state index contributed by atoms with van der Waals surface area (Å²) in [6, 6.07) is 22.6. The summed E-state index contributed by atoms with van der Waals surface area (Å²) >= 11 is 0. The number of hydrogen-bond donors (Lipinski definition) is 2. The van der Waals surface area contributed by atoms with Gasteiger partial charge in [-0.2, -0.15) is 0 Å². The van der Waals surface area contributed by atoms with Crippen LogP contribution in [0.2, 0.25) is 0 Å². The fraction of sp³-hybridized carbons (Fsp3) is 0.290. The Morgan fingerprint density at radius 2 is 1.65 bits per heavy atom. The number of benzene rings is 3. The number of hydrogen-bond acceptors (Lipinski definition) is 5. The van der Waals surface area contributed by atoms with E-state index in [1.807, 2.05) is 48.5 Å². The predicted molar refractivity (Wildman–Crippen MR) is 144 cm³/mol. The van der Waals surface area contributed by atoms with E-state index in [4.69, 9.17) is 4.74 Å². The molecular formula is C31H30FNO7. The zero-order chi connectivity index (χ0) is 28.8. The zero-order valence-corrected chi connectivity index (χ0v) is 21.9. The van der Waals surface area contributed by atoms with E-state index < -0.39 is 66.6 Å². The summed E-state index contributed by atoms with van der Waals surface area (Å²) in [5.41, 5.74) is 2.67. The molecule has 0 aliphatic carbocycles. The molecule has 1 heterocycles. The number of carbonyl (C=O) groups excluding carboxylic acids is 2. The van der Waals surface area contributed by atoms with Gasteiger partial charge in [-0.25, -0.2) is 4.39 Å². The first-order chi connectivity index (χ1) is 19.2. The van der Waals surface area contributed by atoms with Crippen molar-refractivity contribution in [1.82, 2.24) is 4.90 Å². The lowest BCUT2D eigenvalue weighted by Crippen LogP contribution is -2.51. The molecule has 0 aromatic heterocycles. The normalized spacial score (nSPS) is 18.0. The average Bonchev–Trinajstić information content (AvgIpc) is 3.34. The van der Waals surface area contributed by atoms with E-state index in [0.717, 1.165) is 10.5 Å². The molecule has 4 unspecified atom stereocenters. The number of ether oxygens (including phenoxy) is 1. The number of amides is 1. The SMILES string of the molecule is CC(C(CCc1ccccc1)c1ccc(-c2ccccc2)c(F)c1)N(CC(=O)O)C(=O)C1OC(=O)CC1C(=O)O. The van der Waals surface area contributed by atoms with E-state index in [1.165, 1.54) is 6.07 Å². The smallest absolute Gasteiger partial charge is 0.323 e. The predicted octanol–water partition coefficient (Wildman–Crippen LogP) is 4.53. The molecule has 4 rings (SSSR count). The molecule has 1 aliphatic rings. The third-order valence-corrected chi connectivity index (χ3v) is 7.33. The summed E-state index contributed by atoms with van der Waals surface area (Å²) in [5.74, 6) is -6.85. The van der Waals surface area contributed by atoms with Crippen molar-refractivity contribution in [1.29, 1.82) is 0 Å². The first kappa shape index (κ1) is 28.5. The van der Waals surface area contributed by atoms with Crippen LogP contribution in [-0.4, -0.2) is 57.6 Å². The Bertz CT molecular complexity index is 1380. The molecule has 9 heteroatoms. The highest BCUT2D eigenvalue weighted by Crippen LogP contribution is 2.34. The second-order valence-electron chi connectivity index (χ2n) is 9.90. The van der Waals surface area contributed by atoms with Crippen molar-refractivity contribution in [2.75, 3.05) is 6.54 Å². The maximum atomic E-state index is 15.4. The van der Waals surface area contributed by atoms with Crippen LogP contribution in [0.1, 0.15) is 36.8 Å². The van der Waals surface area contributed by atoms with Gasteiger partial charge < -0.3 is 19.8 Å². The molecule has 8 nitrogen and oxygen atoms in total. The Kier molecular flexibility index (Phi) is 8.93. The van der Waals surface area contributed by atoms with Gasteiger partial charge in [-0.3, -0.25) is 19.2 Å². The van der Waals surface area contributed by atoms with Crippen molar-refractivity contribution < 1.29 is 38.5 Å². The molecule has 0 spiro atoms. The molecule has 40 heavy (non-hydrogen) atoms. The maximum Gasteiger partial charge on any atom is 0.323 e. The van der Waals surface area contributed by atoms with Gasteiger partial charge in [-0.15, -0.1) is 0 Å². The summed E-state index contributed by atoms with van der Waals surface area (Å²) < 4.78 is 20.5. The van der Waals surface area contributed by atoms with Crippen LogP contribution in [0.5, 0.6) is 0 Å². The number of cyclic esters (lactones) is 1. The molecule has 0 bridgehead atoms. The van der Waals surface area contributed by atoms with Crippen LogP contribution in [0, 0.1) is 11.7 Å². The Hall–Kier alpha value is -4.53. The lowest BCUT2D eigenvalue weighted by molar-refractivity contribution is -0.160. The van der Waals surface area contributed by atoms with Crippen LogP contribution >= 0.6 is 0 Å². The zero-order valence-electron chi connectivity index (χ0n) is 21.9. The lowest BCUT2D eigenvalue weighted by atomic mass is 9.84. The quantitative estimate of drug-likeness (QED) is 0.339. The van der Waals surface area contributed by atoms with Crippen LogP contribution in [0.25, 0.3) is 11.1 Å².